The van der Waals surface area contributed by atoms with Crippen molar-refractivity contribution in [1.29, 1.82) is 0 Å². The molecule has 1 unspecified atom stereocenters. The molecular weight excluding hydrogens is 355 g/mol. The second-order valence-corrected chi connectivity index (χ2v) is 5.89. The minimum Gasteiger partial charge on any atom is -0.377 e. The van der Waals surface area contributed by atoms with Crippen molar-refractivity contribution in [3.63, 3.8) is 0 Å². The van der Waals surface area contributed by atoms with E-state index in [9.17, 15) is 18.0 Å². The average Bonchev–Trinajstić information content (AvgIpc) is 2.69. The Balaban J connectivity index is 1.68. The Bertz CT molecular complexity index is 947. The van der Waals surface area contributed by atoms with Crippen molar-refractivity contribution in [3.8, 4) is 0 Å². The molecule has 0 radical (unpaired) electrons. The molecule has 0 bridgehead atoms. The standard InChI is InChI=1S/C20H16F3N3O/c1-12(13-5-3-2-4-6-13)25-14-7-9-17(24-11-14)20(27)26-16-10-8-15(21)18(22)19(16)23/h2-12,25H,1H3,(H,26,27). The van der Waals surface area contributed by atoms with Crippen molar-refractivity contribution in [2.24, 2.45) is 0 Å². The zero-order valence-corrected chi connectivity index (χ0v) is 14.3. The van der Waals surface area contributed by atoms with E-state index in [1.54, 1.807) is 6.07 Å². The Hall–Kier alpha value is -3.35. The predicted octanol–water partition coefficient (Wildman–Crippen LogP) is 4.92. The number of anilines is 2. The lowest BCUT2D eigenvalue weighted by molar-refractivity contribution is 0.102. The van der Waals surface area contributed by atoms with Crippen molar-refractivity contribution in [3.05, 3.63) is 89.5 Å². The molecule has 1 amide bonds. The summed E-state index contributed by atoms with van der Waals surface area (Å²) in [5.41, 5.74) is 1.34. The highest BCUT2D eigenvalue weighted by atomic mass is 19.2. The predicted molar refractivity (Wildman–Crippen MR) is 97.0 cm³/mol. The minimum absolute atomic E-state index is 0.0112. The molecule has 0 aliphatic rings. The number of rotatable bonds is 5. The molecule has 0 fully saturated rings. The minimum atomic E-state index is -1.64. The fourth-order valence-electron chi connectivity index (χ4n) is 2.50. The number of amides is 1. The van der Waals surface area contributed by atoms with Gasteiger partial charge in [0.25, 0.3) is 5.91 Å². The van der Waals surface area contributed by atoms with Gasteiger partial charge in [0.1, 0.15) is 5.69 Å². The van der Waals surface area contributed by atoms with Crippen molar-refractivity contribution >= 4 is 17.3 Å². The highest BCUT2D eigenvalue weighted by Crippen LogP contribution is 2.21. The number of carbonyl (C=O) groups excluding carboxylic acids is 1. The van der Waals surface area contributed by atoms with Gasteiger partial charge in [-0.2, -0.15) is 0 Å². The van der Waals surface area contributed by atoms with Crippen LogP contribution in [-0.4, -0.2) is 10.9 Å². The van der Waals surface area contributed by atoms with Crippen LogP contribution in [-0.2, 0) is 0 Å². The maximum Gasteiger partial charge on any atom is 0.274 e. The Labute approximate surface area is 154 Å². The molecule has 0 saturated heterocycles. The van der Waals surface area contributed by atoms with Gasteiger partial charge < -0.3 is 10.6 Å². The largest absolute Gasteiger partial charge is 0.377 e. The molecule has 3 aromatic rings. The van der Waals surface area contributed by atoms with Gasteiger partial charge >= 0.3 is 0 Å². The van der Waals surface area contributed by atoms with E-state index >= 15 is 0 Å². The van der Waals surface area contributed by atoms with E-state index < -0.39 is 29.0 Å². The van der Waals surface area contributed by atoms with Gasteiger partial charge in [-0.3, -0.25) is 4.79 Å². The van der Waals surface area contributed by atoms with Gasteiger partial charge in [-0.1, -0.05) is 30.3 Å². The van der Waals surface area contributed by atoms with E-state index in [0.717, 1.165) is 17.7 Å². The zero-order valence-electron chi connectivity index (χ0n) is 14.3. The molecule has 138 valence electrons. The lowest BCUT2D eigenvalue weighted by Gasteiger charge is -2.15. The third kappa shape index (κ3) is 4.25. The molecule has 27 heavy (non-hydrogen) atoms. The maximum atomic E-state index is 13.6. The van der Waals surface area contributed by atoms with Crippen LogP contribution in [0.3, 0.4) is 0 Å². The molecule has 1 atom stereocenters. The van der Waals surface area contributed by atoms with Crippen LogP contribution < -0.4 is 10.6 Å². The smallest absolute Gasteiger partial charge is 0.274 e. The molecule has 1 aromatic heterocycles. The molecule has 0 aliphatic heterocycles. The number of nitrogens with one attached hydrogen (secondary N) is 2. The molecule has 2 aromatic carbocycles. The Morgan fingerprint density at radius 1 is 0.963 bits per heavy atom. The molecule has 1 heterocycles. The molecule has 2 N–H and O–H groups in total. The summed E-state index contributed by atoms with van der Waals surface area (Å²) in [6, 6.07) is 14.6. The van der Waals surface area contributed by atoms with Gasteiger partial charge in [-0.25, -0.2) is 18.2 Å². The normalized spacial score (nSPS) is 11.7. The molecule has 3 rings (SSSR count). The molecule has 4 nitrogen and oxygen atoms in total. The van der Waals surface area contributed by atoms with E-state index in [0.29, 0.717) is 5.69 Å². The van der Waals surface area contributed by atoms with E-state index in [1.165, 1.54) is 12.3 Å². The third-order valence-electron chi connectivity index (χ3n) is 3.96. The van der Waals surface area contributed by atoms with Gasteiger partial charge in [0.2, 0.25) is 0 Å². The summed E-state index contributed by atoms with van der Waals surface area (Å²) in [6.45, 7) is 1.99. The number of hydrogen-bond acceptors (Lipinski definition) is 3. The molecule has 0 aliphatic carbocycles. The van der Waals surface area contributed by atoms with E-state index in [2.05, 4.69) is 15.6 Å². The number of nitrogens with zero attached hydrogens (tertiary/aromatic N) is 1. The van der Waals surface area contributed by atoms with Crippen LogP contribution in [0.15, 0.2) is 60.8 Å². The fraction of sp³-hybridized carbons (Fsp3) is 0.100. The van der Waals surface area contributed by atoms with Crippen LogP contribution >= 0.6 is 0 Å². The topological polar surface area (TPSA) is 54.0 Å². The lowest BCUT2D eigenvalue weighted by atomic mass is 10.1. The summed E-state index contributed by atoms with van der Waals surface area (Å²) < 4.78 is 39.8. The van der Waals surface area contributed by atoms with Crippen LogP contribution in [0, 0.1) is 17.5 Å². The maximum absolute atomic E-state index is 13.6. The Morgan fingerprint density at radius 3 is 2.37 bits per heavy atom. The summed E-state index contributed by atoms with van der Waals surface area (Å²) in [6.07, 6.45) is 1.47. The number of halogens is 3. The molecule has 0 spiro atoms. The summed E-state index contributed by atoms with van der Waals surface area (Å²) in [7, 11) is 0. The van der Waals surface area contributed by atoms with E-state index in [4.69, 9.17) is 0 Å². The van der Waals surface area contributed by atoms with E-state index in [1.807, 2.05) is 37.3 Å². The highest BCUT2D eigenvalue weighted by Gasteiger charge is 2.16. The molecular formula is C20H16F3N3O. The number of pyridine rings is 1. The van der Waals surface area contributed by atoms with Crippen LogP contribution in [0.4, 0.5) is 24.5 Å². The van der Waals surface area contributed by atoms with Crippen LogP contribution in [0.5, 0.6) is 0 Å². The second-order valence-electron chi connectivity index (χ2n) is 5.89. The number of hydrogen-bond donors (Lipinski definition) is 2. The Morgan fingerprint density at radius 2 is 1.70 bits per heavy atom. The van der Waals surface area contributed by atoms with Gasteiger partial charge in [-0.15, -0.1) is 0 Å². The van der Waals surface area contributed by atoms with Crippen LogP contribution in [0.25, 0.3) is 0 Å². The summed E-state index contributed by atoms with van der Waals surface area (Å²) in [5.74, 6) is -5.16. The SMILES string of the molecule is CC(Nc1ccc(C(=O)Nc2ccc(F)c(F)c2F)nc1)c1ccccc1. The molecule has 0 saturated carbocycles. The average molecular weight is 371 g/mol. The first-order valence-corrected chi connectivity index (χ1v) is 8.18. The van der Waals surface area contributed by atoms with Gasteiger partial charge in [-0.05, 0) is 36.8 Å². The highest BCUT2D eigenvalue weighted by molar-refractivity contribution is 6.03. The quantitative estimate of drug-likeness (QED) is 0.626. The Kier molecular flexibility index (Phi) is 5.40. The lowest BCUT2D eigenvalue weighted by Crippen LogP contribution is -2.15. The first kappa shape index (κ1) is 18.4. The third-order valence-corrected chi connectivity index (χ3v) is 3.96. The number of carbonyl (C=O) groups is 1. The summed E-state index contributed by atoms with van der Waals surface area (Å²) >= 11 is 0. The van der Waals surface area contributed by atoms with Crippen molar-refractivity contribution in [2.75, 3.05) is 10.6 Å². The first-order chi connectivity index (χ1) is 13.0. The fourth-order valence-corrected chi connectivity index (χ4v) is 2.50. The number of aromatic nitrogens is 1. The summed E-state index contributed by atoms with van der Waals surface area (Å²) in [5, 5.41) is 5.43. The van der Waals surface area contributed by atoms with Gasteiger partial charge in [0.05, 0.1) is 17.6 Å². The van der Waals surface area contributed by atoms with Crippen LogP contribution in [0.1, 0.15) is 29.0 Å². The molecule has 7 heteroatoms. The zero-order chi connectivity index (χ0) is 19.4. The van der Waals surface area contributed by atoms with Gasteiger partial charge in [0.15, 0.2) is 17.5 Å². The van der Waals surface area contributed by atoms with Gasteiger partial charge in [0, 0.05) is 6.04 Å². The monoisotopic (exact) mass is 371 g/mol. The number of benzene rings is 2. The second kappa shape index (κ2) is 7.90. The van der Waals surface area contributed by atoms with Crippen molar-refractivity contribution in [2.45, 2.75) is 13.0 Å². The van der Waals surface area contributed by atoms with Crippen molar-refractivity contribution in [1.82, 2.24) is 4.98 Å². The van der Waals surface area contributed by atoms with Crippen LogP contribution in [0.2, 0.25) is 0 Å². The first-order valence-electron chi connectivity index (χ1n) is 8.18. The summed E-state index contributed by atoms with van der Waals surface area (Å²) in [4.78, 5) is 16.2. The van der Waals surface area contributed by atoms with Crippen molar-refractivity contribution < 1.29 is 18.0 Å². The van der Waals surface area contributed by atoms with E-state index in [-0.39, 0.29) is 11.7 Å².